The number of hydrogen-bond acceptors (Lipinski definition) is 7. The quantitative estimate of drug-likeness (QED) is 0.486. The fraction of sp³-hybridized carbons (Fsp3) is 0.167. The molecule has 10 heteroatoms. The Hall–Kier alpha value is -3.40. The predicted octanol–water partition coefficient (Wildman–Crippen LogP) is 1.04. The lowest BCUT2D eigenvalue weighted by Gasteiger charge is -2.25. The Morgan fingerprint density at radius 1 is 1.32 bits per heavy atom. The van der Waals surface area contributed by atoms with E-state index in [0.29, 0.717) is 23.8 Å². The van der Waals surface area contributed by atoms with Crippen molar-refractivity contribution in [3.63, 3.8) is 0 Å². The first-order valence-electron chi connectivity index (χ1n) is 8.30. The van der Waals surface area contributed by atoms with Gasteiger partial charge in [-0.3, -0.25) is 15.3 Å². The molecule has 0 saturated heterocycles. The molecule has 2 aliphatic heterocycles. The van der Waals surface area contributed by atoms with E-state index >= 15 is 0 Å². The Kier molecular flexibility index (Phi) is 5.59. The lowest BCUT2D eigenvalue weighted by molar-refractivity contribution is 0.243. The van der Waals surface area contributed by atoms with Crippen molar-refractivity contribution in [2.75, 3.05) is 12.8 Å². The maximum atomic E-state index is 11.8. The molecular formula is C18H19N5O4S. The Labute approximate surface area is 162 Å². The smallest absolute Gasteiger partial charge is 0.320 e. The molecule has 1 unspecified atom stereocenters. The summed E-state index contributed by atoms with van der Waals surface area (Å²) >= 11 is 0. The summed E-state index contributed by atoms with van der Waals surface area (Å²) in [4.78, 5) is 20.7. The number of fused-ring (bicyclic) bond motifs is 1. The lowest BCUT2D eigenvalue weighted by Crippen LogP contribution is -2.44. The van der Waals surface area contributed by atoms with Crippen LogP contribution < -0.4 is 20.1 Å². The summed E-state index contributed by atoms with van der Waals surface area (Å²) < 4.78 is 27.2. The van der Waals surface area contributed by atoms with Crippen LogP contribution in [0.1, 0.15) is 5.56 Å². The number of hydrogen-bond donors (Lipinski definition) is 3. The van der Waals surface area contributed by atoms with Gasteiger partial charge in [-0.15, -0.1) is 6.58 Å². The van der Waals surface area contributed by atoms with Crippen LogP contribution in [-0.2, 0) is 10.1 Å². The van der Waals surface area contributed by atoms with Crippen LogP contribution in [0.25, 0.3) is 0 Å². The number of nitrogens with one attached hydrogen (secondary N) is 3. The molecular weight excluding hydrogens is 382 g/mol. The van der Waals surface area contributed by atoms with Crippen LogP contribution in [0.4, 0.5) is 4.79 Å². The van der Waals surface area contributed by atoms with Gasteiger partial charge < -0.3 is 14.8 Å². The average molecular weight is 401 g/mol. The van der Waals surface area contributed by atoms with E-state index in [9.17, 15) is 13.2 Å². The summed E-state index contributed by atoms with van der Waals surface area (Å²) in [7, 11) is -3.58. The fourth-order valence-corrected chi connectivity index (χ4v) is 2.92. The number of rotatable bonds is 6. The van der Waals surface area contributed by atoms with Crippen molar-refractivity contribution in [2.45, 2.75) is 6.17 Å². The number of aliphatic imine (C=N–C) groups is 2. The molecule has 0 aromatic heterocycles. The van der Waals surface area contributed by atoms with E-state index in [1.165, 1.54) is 0 Å². The van der Waals surface area contributed by atoms with Gasteiger partial charge in [0.1, 0.15) is 11.6 Å². The van der Waals surface area contributed by atoms with Gasteiger partial charge in [0, 0.05) is 12.1 Å². The number of nitrogens with zero attached hydrogens (tertiary/aromatic N) is 2. The Balaban J connectivity index is 1.70. The first-order chi connectivity index (χ1) is 13.3. The van der Waals surface area contributed by atoms with Crippen molar-refractivity contribution in [1.29, 1.82) is 0 Å². The third-order valence-corrected chi connectivity index (χ3v) is 4.15. The molecule has 2 amide bonds. The minimum Gasteiger partial charge on any atom is -0.383 e. The highest BCUT2D eigenvalue weighted by molar-refractivity contribution is 7.86. The predicted molar refractivity (Wildman–Crippen MR) is 107 cm³/mol. The maximum Gasteiger partial charge on any atom is 0.320 e. The first kappa shape index (κ1) is 19.4. The lowest BCUT2D eigenvalue weighted by atomic mass is 10.1. The van der Waals surface area contributed by atoms with Crippen molar-refractivity contribution >= 4 is 28.1 Å². The zero-order valence-electron chi connectivity index (χ0n) is 15.0. The van der Waals surface area contributed by atoms with Crippen molar-refractivity contribution in [3.05, 3.63) is 66.2 Å². The van der Waals surface area contributed by atoms with E-state index in [1.807, 2.05) is 0 Å². The van der Waals surface area contributed by atoms with Crippen LogP contribution in [0.5, 0.6) is 5.75 Å². The summed E-state index contributed by atoms with van der Waals surface area (Å²) in [6.45, 7) is 3.90. The van der Waals surface area contributed by atoms with Gasteiger partial charge in [-0.2, -0.15) is 8.42 Å². The average Bonchev–Trinajstić information content (AvgIpc) is 2.65. The van der Waals surface area contributed by atoms with E-state index < -0.39 is 16.3 Å². The van der Waals surface area contributed by atoms with E-state index in [-0.39, 0.29) is 11.8 Å². The van der Waals surface area contributed by atoms with Crippen molar-refractivity contribution in [3.8, 4) is 5.75 Å². The molecule has 0 spiro atoms. The van der Waals surface area contributed by atoms with Crippen LogP contribution in [0, 0.1) is 0 Å². The summed E-state index contributed by atoms with van der Waals surface area (Å²) in [5.41, 5.74) is 2.06. The standard InChI is InChI=1S/C18H19N5O4S/c1-3-10-19-18(24)23-16-9-8-14-17(22-16)21-15(11-20-14)12-4-6-13(7-5-12)27-28(2,25)26/h3-9,11,17,22H,1,10H2,2H3,(H2,19,23,24). The van der Waals surface area contributed by atoms with Gasteiger partial charge in [0.05, 0.1) is 23.9 Å². The third kappa shape index (κ3) is 5.07. The molecule has 146 valence electrons. The monoisotopic (exact) mass is 401 g/mol. The number of carbonyl (C=O) groups is 1. The number of dihydropyridines is 1. The molecule has 0 bridgehead atoms. The summed E-state index contributed by atoms with van der Waals surface area (Å²) in [6, 6.07) is 6.12. The molecule has 1 atom stereocenters. The Morgan fingerprint density at radius 2 is 2.07 bits per heavy atom. The molecule has 3 rings (SSSR count). The van der Waals surface area contributed by atoms with E-state index in [4.69, 9.17) is 4.18 Å². The van der Waals surface area contributed by atoms with Crippen LogP contribution in [0.2, 0.25) is 0 Å². The second-order valence-electron chi connectivity index (χ2n) is 5.93. The number of amides is 2. The van der Waals surface area contributed by atoms with Crippen molar-refractivity contribution in [2.24, 2.45) is 9.98 Å². The number of benzene rings is 1. The molecule has 9 nitrogen and oxygen atoms in total. The van der Waals surface area contributed by atoms with Gasteiger partial charge in [0.25, 0.3) is 0 Å². The van der Waals surface area contributed by atoms with Gasteiger partial charge in [-0.1, -0.05) is 6.08 Å². The minimum absolute atomic E-state index is 0.218. The Morgan fingerprint density at radius 3 is 2.75 bits per heavy atom. The third-order valence-electron chi connectivity index (χ3n) is 3.65. The summed E-state index contributed by atoms with van der Waals surface area (Å²) in [6.07, 6.45) is 7.21. The molecule has 0 fully saturated rings. The normalized spacial score (nSPS) is 17.9. The SMILES string of the molecule is C=CCNC(=O)NC1=CC=C2N=CC(c3ccc(OS(C)(=O)=O)cc3)=NC2N1. The molecule has 0 saturated carbocycles. The van der Waals surface area contributed by atoms with Gasteiger partial charge in [-0.05, 0) is 36.4 Å². The summed E-state index contributed by atoms with van der Waals surface area (Å²) in [5, 5.41) is 8.40. The highest BCUT2D eigenvalue weighted by Gasteiger charge is 2.22. The molecule has 28 heavy (non-hydrogen) atoms. The van der Waals surface area contributed by atoms with Gasteiger partial charge in [-0.25, -0.2) is 4.79 Å². The largest absolute Gasteiger partial charge is 0.383 e. The summed E-state index contributed by atoms with van der Waals surface area (Å²) in [5.74, 6) is 0.711. The zero-order valence-corrected chi connectivity index (χ0v) is 15.9. The van der Waals surface area contributed by atoms with Crippen LogP contribution in [0.15, 0.2) is 70.6 Å². The van der Waals surface area contributed by atoms with Crippen molar-refractivity contribution in [1.82, 2.24) is 16.0 Å². The molecule has 0 radical (unpaired) electrons. The van der Waals surface area contributed by atoms with Crippen LogP contribution in [0.3, 0.4) is 0 Å². The molecule has 2 heterocycles. The van der Waals surface area contributed by atoms with Crippen molar-refractivity contribution < 1.29 is 17.4 Å². The molecule has 0 aliphatic carbocycles. The molecule has 1 aromatic carbocycles. The second-order valence-corrected chi connectivity index (χ2v) is 7.50. The van der Waals surface area contributed by atoms with E-state index in [2.05, 4.69) is 32.5 Å². The number of allylic oxidation sites excluding steroid dienone is 2. The Bertz CT molecular complexity index is 1010. The van der Waals surface area contributed by atoms with Gasteiger partial charge in [0.2, 0.25) is 0 Å². The minimum atomic E-state index is -3.58. The second kappa shape index (κ2) is 8.09. The highest BCUT2D eigenvalue weighted by atomic mass is 32.2. The number of carbonyl (C=O) groups excluding carboxylic acids is 1. The first-order valence-corrected chi connectivity index (χ1v) is 10.1. The topological polar surface area (TPSA) is 121 Å². The van der Waals surface area contributed by atoms with Crippen LogP contribution in [-0.4, -0.2) is 45.3 Å². The highest BCUT2D eigenvalue weighted by Crippen LogP contribution is 2.20. The molecule has 3 N–H and O–H groups in total. The number of urea groups is 1. The van der Waals surface area contributed by atoms with E-state index in [0.717, 1.165) is 11.8 Å². The maximum absolute atomic E-state index is 11.8. The van der Waals surface area contributed by atoms with Gasteiger partial charge >= 0.3 is 16.1 Å². The van der Waals surface area contributed by atoms with Gasteiger partial charge in [0.15, 0.2) is 6.17 Å². The van der Waals surface area contributed by atoms with Crippen LogP contribution >= 0.6 is 0 Å². The molecule has 1 aromatic rings. The zero-order chi connectivity index (χ0) is 20.1. The molecule has 2 aliphatic rings. The van der Waals surface area contributed by atoms with E-state index in [1.54, 1.807) is 48.7 Å². The fourth-order valence-electron chi connectivity index (χ4n) is 2.46.